The first-order valence-corrected chi connectivity index (χ1v) is 6.90. The van der Waals surface area contributed by atoms with Gasteiger partial charge in [-0.2, -0.15) is 0 Å². The maximum atomic E-state index is 11.9. The largest absolute Gasteiger partial charge is 0.481 e. The van der Waals surface area contributed by atoms with Crippen LogP contribution in [0.25, 0.3) is 0 Å². The summed E-state index contributed by atoms with van der Waals surface area (Å²) in [6.45, 7) is 1.20. The molecule has 5 nitrogen and oxygen atoms in total. The molecule has 1 amide bonds. The minimum absolute atomic E-state index is 0.0387. The number of rotatable bonds is 5. The van der Waals surface area contributed by atoms with Gasteiger partial charge >= 0.3 is 5.97 Å². The van der Waals surface area contributed by atoms with Crippen molar-refractivity contribution in [1.82, 2.24) is 10.2 Å². The molecule has 18 heavy (non-hydrogen) atoms. The van der Waals surface area contributed by atoms with E-state index in [9.17, 15) is 9.59 Å². The lowest BCUT2D eigenvalue weighted by Gasteiger charge is -2.23. The first kappa shape index (κ1) is 13.3. The monoisotopic (exact) mass is 254 g/mol. The van der Waals surface area contributed by atoms with Gasteiger partial charge < -0.3 is 10.4 Å². The van der Waals surface area contributed by atoms with Gasteiger partial charge in [0.15, 0.2) is 0 Å². The van der Waals surface area contributed by atoms with Gasteiger partial charge in [-0.3, -0.25) is 14.5 Å². The molecular formula is C13H22N2O3. The van der Waals surface area contributed by atoms with Gasteiger partial charge in [-0.25, -0.2) is 0 Å². The van der Waals surface area contributed by atoms with Crippen LogP contribution in [0.2, 0.25) is 0 Å². The molecule has 1 aliphatic carbocycles. The van der Waals surface area contributed by atoms with Crippen LogP contribution in [0.1, 0.15) is 44.9 Å². The zero-order valence-electron chi connectivity index (χ0n) is 10.7. The number of carbonyl (C=O) groups excluding carboxylic acids is 1. The third-order valence-electron chi connectivity index (χ3n) is 3.98. The molecule has 0 aromatic carbocycles. The first-order chi connectivity index (χ1) is 8.65. The fraction of sp³-hybridized carbons (Fsp3) is 0.846. The molecule has 0 spiro atoms. The van der Waals surface area contributed by atoms with E-state index in [1.807, 2.05) is 4.90 Å². The van der Waals surface area contributed by atoms with Crippen LogP contribution in [0, 0.1) is 0 Å². The molecule has 1 saturated carbocycles. The van der Waals surface area contributed by atoms with Gasteiger partial charge in [0.05, 0.1) is 13.0 Å². The van der Waals surface area contributed by atoms with E-state index < -0.39 is 5.97 Å². The van der Waals surface area contributed by atoms with Crippen molar-refractivity contribution >= 4 is 11.9 Å². The van der Waals surface area contributed by atoms with E-state index in [2.05, 4.69) is 5.32 Å². The van der Waals surface area contributed by atoms with E-state index in [-0.39, 0.29) is 18.4 Å². The third kappa shape index (κ3) is 3.70. The normalized spacial score (nSPS) is 25.4. The summed E-state index contributed by atoms with van der Waals surface area (Å²) in [5.74, 6) is -0.720. The van der Waals surface area contributed by atoms with Gasteiger partial charge in [-0.15, -0.1) is 0 Å². The van der Waals surface area contributed by atoms with Crippen molar-refractivity contribution in [3.05, 3.63) is 0 Å². The van der Waals surface area contributed by atoms with Crippen molar-refractivity contribution in [2.24, 2.45) is 0 Å². The average molecular weight is 254 g/mol. The van der Waals surface area contributed by atoms with Crippen LogP contribution in [-0.4, -0.2) is 47.1 Å². The number of hydrogen-bond donors (Lipinski definition) is 2. The Bertz CT molecular complexity index is 313. The van der Waals surface area contributed by atoms with E-state index >= 15 is 0 Å². The molecular weight excluding hydrogens is 232 g/mol. The number of nitrogens with one attached hydrogen (secondary N) is 1. The fourth-order valence-corrected chi connectivity index (χ4v) is 3.06. The predicted octanol–water partition coefficient (Wildman–Crippen LogP) is 0.984. The van der Waals surface area contributed by atoms with Crippen LogP contribution in [0.3, 0.4) is 0 Å². The lowest BCUT2D eigenvalue weighted by Crippen LogP contribution is -2.43. The Balaban J connectivity index is 1.76. The minimum atomic E-state index is -0.775. The van der Waals surface area contributed by atoms with Crippen molar-refractivity contribution in [2.45, 2.75) is 57.0 Å². The van der Waals surface area contributed by atoms with Gasteiger partial charge in [0.1, 0.15) is 0 Å². The number of aliphatic carboxylic acids is 1. The first-order valence-electron chi connectivity index (χ1n) is 6.90. The molecule has 2 rings (SSSR count). The quantitative estimate of drug-likeness (QED) is 0.767. The van der Waals surface area contributed by atoms with Crippen LogP contribution in [-0.2, 0) is 9.59 Å². The smallest absolute Gasteiger partial charge is 0.304 e. The summed E-state index contributed by atoms with van der Waals surface area (Å²) >= 11 is 0. The minimum Gasteiger partial charge on any atom is -0.481 e. The zero-order valence-corrected chi connectivity index (χ0v) is 10.7. The SMILES string of the molecule is O=C(O)CC1CCCN1CC(=O)NC1CCCC1. The van der Waals surface area contributed by atoms with E-state index in [1.54, 1.807) is 0 Å². The number of carboxylic acid groups (broad SMARTS) is 1. The summed E-state index contributed by atoms with van der Waals surface area (Å²) in [6, 6.07) is 0.384. The second kappa shape index (κ2) is 6.18. The van der Waals surface area contributed by atoms with Gasteiger partial charge in [-0.05, 0) is 32.2 Å². The lowest BCUT2D eigenvalue weighted by molar-refractivity contribution is -0.138. The summed E-state index contributed by atoms with van der Waals surface area (Å²) < 4.78 is 0. The van der Waals surface area contributed by atoms with Crippen molar-refractivity contribution in [1.29, 1.82) is 0 Å². The molecule has 2 aliphatic rings. The van der Waals surface area contributed by atoms with Crippen molar-refractivity contribution in [3.8, 4) is 0 Å². The van der Waals surface area contributed by atoms with Gasteiger partial charge in [0.2, 0.25) is 5.91 Å². The van der Waals surface area contributed by atoms with E-state index in [0.29, 0.717) is 12.6 Å². The Labute approximate surface area is 108 Å². The summed E-state index contributed by atoms with van der Waals surface area (Å²) in [5.41, 5.74) is 0. The van der Waals surface area contributed by atoms with Crippen molar-refractivity contribution in [3.63, 3.8) is 0 Å². The van der Waals surface area contributed by atoms with Crippen LogP contribution < -0.4 is 5.32 Å². The van der Waals surface area contributed by atoms with E-state index in [4.69, 9.17) is 5.11 Å². The Morgan fingerprint density at radius 1 is 1.17 bits per heavy atom. The highest BCUT2D eigenvalue weighted by atomic mass is 16.4. The third-order valence-corrected chi connectivity index (χ3v) is 3.98. The number of amides is 1. The second-order valence-corrected chi connectivity index (χ2v) is 5.41. The molecule has 1 aliphatic heterocycles. The topological polar surface area (TPSA) is 69.6 Å². The Morgan fingerprint density at radius 3 is 2.56 bits per heavy atom. The van der Waals surface area contributed by atoms with Crippen LogP contribution in [0.4, 0.5) is 0 Å². The molecule has 1 atom stereocenters. The number of likely N-dealkylation sites (tertiary alicyclic amines) is 1. The summed E-state index contributed by atoms with van der Waals surface area (Å²) in [5, 5.41) is 11.9. The molecule has 5 heteroatoms. The Hall–Kier alpha value is -1.10. The maximum absolute atomic E-state index is 11.9. The fourth-order valence-electron chi connectivity index (χ4n) is 3.06. The average Bonchev–Trinajstić information content (AvgIpc) is 2.91. The summed E-state index contributed by atoms with van der Waals surface area (Å²) in [4.78, 5) is 24.6. The van der Waals surface area contributed by atoms with Crippen molar-refractivity contribution in [2.75, 3.05) is 13.1 Å². The Kier molecular flexibility index (Phi) is 4.58. The van der Waals surface area contributed by atoms with Gasteiger partial charge in [0.25, 0.3) is 0 Å². The summed E-state index contributed by atoms with van der Waals surface area (Å²) in [7, 11) is 0. The highest BCUT2D eigenvalue weighted by Gasteiger charge is 2.28. The van der Waals surface area contributed by atoms with Crippen LogP contribution in [0.5, 0.6) is 0 Å². The molecule has 2 N–H and O–H groups in total. The number of nitrogens with zero attached hydrogens (tertiary/aromatic N) is 1. The highest BCUT2D eigenvalue weighted by molar-refractivity contribution is 5.78. The molecule has 0 aromatic rings. The van der Waals surface area contributed by atoms with Crippen LogP contribution in [0.15, 0.2) is 0 Å². The molecule has 0 aromatic heterocycles. The standard InChI is InChI=1S/C13H22N2O3/c16-12(14-10-4-1-2-5-10)9-15-7-3-6-11(15)8-13(17)18/h10-11H,1-9H2,(H,14,16)(H,17,18). The molecule has 102 valence electrons. The van der Waals surface area contributed by atoms with Gasteiger partial charge in [0, 0.05) is 12.1 Å². The van der Waals surface area contributed by atoms with Crippen LogP contribution >= 0.6 is 0 Å². The highest BCUT2D eigenvalue weighted by Crippen LogP contribution is 2.20. The molecule has 1 heterocycles. The number of hydrogen-bond acceptors (Lipinski definition) is 3. The molecule has 2 fully saturated rings. The van der Waals surface area contributed by atoms with Gasteiger partial charge in [-0.1, -0.05) is 12.8 Å². The number of carboxylic acids is 1. The molecule has 0 bridgehead atoms. The van der Waals surface area contributed by atoms with E-state index in [0.717, 1.165) is 32.2 Å². The molecule has 0 radical (unpaired) electrons. The predicted molar refractivity (Wildman–Crippen MR) is 67.2 cm³/mol. The summed E-state index contributed by atoms with van der Waals surface area (Å²) in [6.07, 6.45) is 6.62. The zero-order chi connectivity index (χ0) is 13.0. The number of carbonyl (C=O) groups is 2. The lowest BCUT2D eigenvalue weighted by atomic mass is 10.1. The molecule has 1 saturated heterocycles. The molecule has 1 unspecified atom stereocenters. The maximum Gasteiger partial charge on any atom is 0.304 e. The Morgan fingerprint density at radius 2 is 1.89 bits per heavy atom. The van der Waals surface area contributed by atoms with E-state index in [1.165, 1.54) is 12.8 Å². The van der Waals surface area contributed by atoms with Crippen molar-refractivity contribution < 1.29 is 14.7 Å². The second-order valence-electron chi connectivity index (χ2n) is 5.41.